The van der Waals surface area contributed by atoms with Crippen molar-refractivity contribution < 1.29 is 4.52 Å². The van der Waals surface area contributed by atoms with Gasteiger partial charge in [0.1, 0.15) is 0 Å². The van der Waals surface area contributed by atoms with Gasteiger partial charge in [0.05, 0.1) is 15.9 Å². The van der Waals surface area contributed by atoms with Crippen molar-refractivity contribution in [3.63, 3.8) is 0 Å². The number of anilines is 1. The minimum atomic E-state index is 0.178. The molecule has 6 nitrogen and oxygen atoms in total. The molecule has 7 heteroatoms. The van der Waals surface area contributed by atoms with Crippen LogP contribution in [0.1, 0.15) is 18.3 Å². The molecular formula is C13H19N5OS. The Kier molecular flexibility index (Phi) is 3.73. The lowest BCUT2D eigenvalue weighted by molar-refractivity contribution is 0.215. The van der Waals surface area contributed by atoms with E-state index in [1.54, 1.807) is 0 Å². The standard InChI is InChI=1S/C13H19N5OS/c1-17-6-3-7-18(2)9(8-17)12-15-13(19-16-12)10-4-5-11(14)20-10/h4-5,9H,3,6-8,14H2,1-2H3. The Hall–Kier alpha value is -1.44. The molecule has 3 rings (SSSR count). The van der Waals surface area contributed by atoms with E-state index in [2.05, 4.69) is 34.0 Å². The number of likely N-dealkylation sites (N-methyl/N-ethyl adjacent to an activating group) is 2. The molecule has 0 amide bonds. The normalized spacial score (nSPS) is 22.0. The van der Waals surface area contributed by atoms with E-state index in [0.717, 1.165) is 41.8 Å². The van der Waals surface area contributed by atoms with Gasteiger partial charge >= 0.3 is 0 Å². The Morgan fingerprint density at radius 2 is 2.20 bits per heavy atom. The molecule has 1 unspecified atom stereocenters. The highest BCUT2D eigenvalue weighted by atomic mass is 32.1. The second kappa shape index (κ2) is 5.51. The SMILES string of the molecule is CN1CCCN(C)C(c2noc(-c3ccc(N)s3)n2)C1. The number of aromatic nitrogens is 2. The number of rotatable bonds is 2. The lowest BCUT2D eigenvalue weighted by Crippen LogP contribution is -2.31. The third-order valence-electron chi connectivity index (χ3n) is 3.64. The highest BCUT2D eigenvalue weighted by molar-refractivity contribution is 7.19. The molecule has 1 fully saturated rings. The van der Waals surface area contributed by atoms with Gasteiger partial charge in [0, 0.05) is 6.54 Å². The largest absolute Gasteiger partial charge is 0.391 e. The van der Waals surface area contributed by atoms with Crippen LogP contribution in [-0.4, -0.2) is 53.7 Å². The van der Waals surface area contributed by atoms with Crippen molar-refractivity contribution in [3.05, 3.63) is 18.0 Å². The maximum atomic E-state index is 5.74. The van der Waals surface area contributed by atoms with E-state index < -0.39 is 0 Å². The molecule has 20 heavy (non-hydrogen) atoms. The average molecular weight is 293 g/mol. The van der Waals surface area contributed by atoms with Gasteiger partial charge in [-0.1, -0.05) is 5.16 Å². The van der Waals surface area contributed by atoms with Gasteiger partial charge in [0.15, 0.2) is 5.82 Å². The Labute approximate surface area is 122 Å². The van der Waals surface area contributed by atoms with Crippen molar-refractivity contribution in [2.45, 2.75) is 12.5 Å². The van der Waals surface area contributed by atoms with Crippen LogP contribution in [0.4, 0.5) is 5.00 Å². The van der Waals surface area contributed by atoms with Crippen molar-refractivity contribution >= 4 is 16.3 Å². The van der Waals surface area contributed by atoms with Crippen molar-refractivity contribution in [1.82, 2.24) is 19.9 Å². The summed E-state index contributed by atoms with van der Waals surface area (Å²) in [6, 6.07) is 3.95. The monoisotopic (exact) mass is 293 g/mol. The smallest absolute Gasteiger partial charge is 0.268 e. The van der Waals surface area contributed by atoms with Crippen molar-refractivity contribution in [3.8, 4) is 10.8 Å². The van der Waals surface area contributed by atoms with E-state index in [1.807, 2.05) is 12.1 Å². The van der Waals surface area contributed by atoms with Crippen LogP contribution in [0.15, 0.2) is 16.7 Å². The van der Waals surface area contributed by atoms with Crippen molar-refractivity contribution in [2.24, 2.45) is 0 Å². The predicted octanol–water partition coefficient (Wildman–Crippen LogP) is 1.69. The van der Waals surface area contributed by atoms with Gasteiger partial charge in [-0.2, -0.15) is 4.98 Å². The van der Waals surface area contributed by atoms with Crippen LogP contribution in [0.3, 0.4) is 0 Å². The molecular weight excluding hydrogens is 274 g/mol. The molecule has 3 heterocycles. The summed E-state index contributed by atoms with van der Waals surface area (Å²) < 4.78 is 5.39. The van der Waals surface area contributed by atoms with E-state index >= 15 is 0 Å². The van der Waals surface area contributed by atoms with Crippen LogP contribution in [0.25, 0.3) is 10.8 Å². The number of thiophene rings is 1. The van der Waals surface area contributed by atoms with Crippen LogP contribution >= 0.6 is 11.3 Å². The Morgan fingerprint density at radius 3 is 2.95 bits per heavy atom. The molecule has 1 saturated heterocycles. The number of nitrogens with zero attached hydrogens (tertiary/aromatic N) is 4. The second-order valence-electron chi connectivity index (χ2n) is 5.27. The zero-order valence-corrected chi connectivity index (χ0v) is 12.6. The van der Waals surface area contributed by atoms with Crippen molar-refractivity contribution in [1.29, 1.82) is 0 Å². The fraction of sp³-hybridized carbons (Fsp3) is 0.538. The zero-order valence-electron chi connectivity index (χ0n) is 11.7. The van der Waals surface area contributed by atoms with Gasteiger partial charge in [-0.05, 0) is 45.7 Å². The summed E-state index contributed by atoms with van der Waals surface area (Å²) in [5.41, 5.74) is 5.74. The van der Waals surface area contributed by atoms with E-state index in [0.29, 0.717) is 5.89 Å². The maximum absolute atomic E-state index is 5.74. The van der Waals surface area contributed by atoms with E-state index in [1.165, 1.54) is 11.3 Å². The Morgan fingerprint density at radius 1 is 1.35 bits per heavy atom. The predicted molar refractivity (Wildman–Crippen MR) is 79.5 cm³/mol. The lowest BCUT2D eigenvalue weighted by Gasteiger charge is -2.24. The van der Waals surface area contributed by atoms with Gasteiger partial charge in [-0.15, -0.1) is 11.3 Å². The first-order valence-corrected chi connectivity index (χ1v) is 7.53. The second-order valence-corrected chi connectivity index (χ2v) is 6.39. The summed E-state index contributed by atoms with van der Waals surface area (Å²) in [6.45, 7) is 3.07. The van der Waals surface area contributed by atoms with Crippen LogP contribution in [0.5, 0.6) is 0 Å². The van der Waals surface area contributed by atoms with Crippen molar-refractivity contribution in [2.75, 3.05) is 39.5 Å². The van der Waals surface area contributed by atoms with Crippen LogP contribution in [0, 0.1) is 0 Å². The molecule has 1 aliphatic heterocycles. The average Bonchev–Trinajstić information content (AvgIpc) is 3.01. The molecule has 2 aromatic heterocycles. The number of hydrogen-bond acceptors (Lipinski definition) is 7. The van der Waals surface area contributed by atoms with E-state index in [4.69, 9.17) is 10.3 Å². The lowest BCUT2D eigenvalue weighted by atomic mass is 10.2. The molecule has 0 bridgehead atoms. The van der Waals surface area contributed by atoms with Gasteiger partial charge in [0.2, 0.25) is 0 Å². The molecule has 1 atom stereocenters. The fourth-order valence-corrected chi connectivity index (χ4v) is 3.18. The minimum absolute atomic E-state index is 0.178. The number of nitrogens with two attached hydrogens (primary N) is 1. The zero-order chi connectivity index (χ0) is 14.1. The highest BCUT2D eigenvalue weighted by Gasteiger charge is 2.26. The maximum Gasteiger partial charge on any atom is 0.268 e. The molecule has 0 saturated carbocycles. The number of nitrogen functional groups attached to an aromatic ring is 1. The Balaban J connectivity index is 1.85. The molecule has 0 aromatic carbocycles. The van der Waals surface area contributed by atoms with Crippen LogP contribution in [-0.2, 0) is 0 Å². The van der Waals surface area contributed by atoms with E-state index in [9.17, 15) is 0 Å². The quantitative estimate of drug-likeness (QED) is 0.908. The van der Waals surface area contributed by atoms with E-state index in [-0.39, 0.29) is 6.04 Å². The fourth-order valence-electron chi connectivity index (χ4n) is 2.49. The minimum Gasteiger partial charge on any atom is -0.391 e. The topological polar surface area (TPSA) is 71.4 Å². The summed E-state index contributed by atoms with van der Waals surface area (Å²) in [6.07, 6.45) is 1.16. The first kappa shape index (κ1) is 13.5. The summed E-state index contributed by atoms with van der Waals surface area (Å²) in [7, 11) is 4.25. The summed E-state index contributed by atoms with van der Waals surface area (Å²) >= 11 is 1.46. The first-order valence-electron chi connectivity index (χ1n) is 6.71. The van der Waals surface area contributed by atoms with Gasteiger partial charge in [-0.25, -0.2) is 0 Å². The Bertz CT molecular complexity index is 581. The molecule has 2 aromatic rings. The third kappa shape index (κ3) is 2.70. The first-order chi connectivity index (χ1) is 9.63. The molecule has 1 aliphatic rings. The molecule has 2 N–H and O–H groups in total. The number of hydrogen-bond donors (Lipinski definition) is 1. The third-order valence-corrected chi connectivity index (χ3v) is 4.55. The van der Waals surface area contributed by atoms with Gasteiger partial charge < -0.3 is 15.2 Å². The molecule has 0 aliphatic carbocycles. The van der Waals surface area contributed by atoms with Gasteiger partial charge in [-0.3, -0.25) is 4.90 Å². The molecule has 0 radical (unpaired) electrons. The van der Waals surface area contributed by atoms with Crippen LogP contribution < -0.4 is 5.73 Å². The summed E-state index contributed by atoms with van der Waals surface area (Å²) in [5, 5.41) is 4.92. The summed E-state index contributed by atoms with van der Waals surface area (Å²) in [5.74, 6) is 1.31. The van der Waals surface area contributed by atoms with Crippen LogP contribution in [0.2, 0.25) is 0 Å². The van der Waals surface area contributed by atoms with Gasteiger partial charge in [0.25, 0.3) is 5.89 Å². The highest BCUT2D eigenvalue weighted by Crippen LogP contribution is 2.30. The molecule has 108 valence electrons. The molecule has 0 spiro atoms. The summed E-state index contributed by atoms with van der Waals surface area (Å²) in [4.78, 5) is 10.1.